The highest BCUT2D eigenvalue weighted by atomic mass is 16.4. The van der Waals surface area contributed by atoms with Crippen LogP contribution in [0.4, 0.5) is 0 Å². The zero-order valence-corrected chi connectivity index (χ0v) is 11.5. The fourth-order valence-corrected chi connectivity index (χ4v) is 2.74. The van der Waals surface area contributed by atoms with Crippen molar-refractivity contribution in [2.75, 3.05) is 6.54 Å². The molecule has 0 radical (unpaired) electrons. The molecule has 21 heavy (non-hydrogen) atoms. The van der Waals surface area contributed by atoms with Crippen LogP contribution in [0.25, 0.3) is 0 Å². The van der Waals surface area contributed by atoms with Crippen LogP contribution in [0.2, 0.25) is 0 Å². The Hall–Kier alpha value is -2.63. The number of amides is 1. The van der Waals surface area contributed by atoms with Crippen molar-refractivity contribution in [1.29, 1.82) is 0 Å². The summed E-state index contributed by atoms with van der Waals surface area (Å²) in [5.41, 5.74) is 1.98. The summed E-state index contributed by atoms with van der Waals surface area (Å²) in [6.45, 7) is 2.13. The molecule has 2 aromatic rings. The van der Waals surface area contributed by atoms with Crippen molar-refractivity contribution in [3.8, 4) is 0 Å². The molecule has 1 aliphatic heterocycles. The van der Waals surface area contributed by atoms with Crippen LogP contribution in [0.3, 0.4) is 0 Å². The molecule has 1 aliphatic rings. The number of hydrogen-bond donors (Lipinski definition) is 2. The van der Waals surface area contributed by atoms with Crippen molar-refractivity contribution in [2.24, 2.45) is 0 Å². The van der Waals surface area contributed by atoms with Gasteiger partial charge in [0.05, 0.1) is 6.20 Å². The van der Waals surface area contributed by atoms with E-state index in [0.29, 0.717) is 30.0 Å². The standard InChI is InChI=1S/C15H15N3O3/c1-9-16-8-12(17-9)14(19)18-7-6-10-4-2-3-5-11(10)13(18)15(20)21/h2-5,8,13H,6-7H2,1H3,(H,16,17)(H,20,21). The van der Waals surface area contributed by atoms with Crippen LogP contribution in [-0.4, -0.2) is 38.4 Å². The van der Waals surface area contributed by atoms with Gasteiger partial charge in [-0.1, -0.05) is 24.3 Å². The van der Waals surface area contributed by atoms with Gasteiger partial charge >= 0.3 is 5.97 Å². The highest BCUT2D eigenvalue weighted by Crippen LogP contribution is 2.30. The minimum Gasteiger partial charge on any atom is -0.479 e. The largest absolute Gasteiger partial charge is 0.479 e. The smallest absolute Gasteiger partial charge is 0.331 e. The Kier molecular flexibility index (Phi) is 3.21. The fraction of sp³-hybridized carbons (Fsp3) is 0.267. The third-order valence-corrected chi connectivity index (χ3v) is 3.71. The first-order chi connectivity index (χ1) is 10.1. The topological polar surface area (TPSA) is 86.3 Å². The molecule has 6 heteroatoms. The number of rotatable bonds is 2. The lowest BCUT2D eigenvalue weighted by molar-refractivity contribution is -0.143. The Balaban J connectivity index is 1.99. The van der Waals surface area contributed by atoms with Gasteiger partial charge in [-0.2, -0.15) is 0 Å². The summed E-state index contributed by atoms with van der Waals surface area (Å²) in [5, 5.41) is 9.54. The molecule has 0 fully saturated rings. The van der Waals surface area contributed by atoms with E-state index in [9.17, 15) is 14.7 Å². The molecule has 0 saturated heterocycles. The van der Waals surface area contributed by atoms with E-state index < -0.39 is 12.0 Å². The van der Waals surface area contributed by atoms with Crippen molar-refractivity contribution >= 4 is 11.9 Å². The number of nitrogens with zero attached hydrogens (tertiary/aromatic N) is 2. The van der Waals surface area contributed by atoms with Crippen molar-refractivity contribution in [3.63, 3.8) is 0 Å². The molecular weight excluding hydrogens is 270 g/mol. The number of fused-ring (bicyclic) bond motifs is 1. The number of carboxylic acid groups (broad SMARTS) is 1. The van der Waals surface area contributed by atoms with Gasteiger partial charge in [-0.05, 0) is 24.5 Å². The second kappa shape index (κ2) is 5.05. The number of benzene rings is 1. The van der Waals surface area contributed by atoms with Gasteiger partial charge in [0.15, 0.2) is 6.04 Å². The van der Waals surface area contributed by atoms with Gasteiger partial charge in [0, 0.05) is 6.54 Å². The van der Waals surface area contributed by atoms with Crippen LogP contribution < -0.4 is 0 Å². The SMILES string of the molecule is Cc1ncc(C(=O)N2CCc3ccccc3C2C(=O)O)[nH]1. The number of aryl methyl sites for hydroxylation is 1. The number of nitrogens with one attached hydrogen (secondary N) is 1. The molecule has 3 rings (SSSR count). The lowest BCUT2D eigenvalue weighted by Gasteiger charge is -2.34. The van der Waals surface area contributed by atoms with Gasteiger partial charge in [0.1, 0.15) is 11.5 Å². The summed E-state index contributed by atoms with van der Waals surface area (Å²) < 4.78 is 0. The van der Waals surface area contributed by atoms with Crippen molar-refractivity contribution in [1.82, 2.24) is 14.9 Å². The summed E-state index contributed by atoms with van der Waals surface area (Å²) in [5.74, 6) is -0.730. The summed E-state index contributed by atoms with van der Waals surface area (Å²) in [6, 6.07) is 6.40. The number of aromatic amines is 1. The Morgan fingerprint density at radius 2 is 2.14 bits per heavy atom. The first-order valence-corrected chi connectivity index (χ1v) is 6.71. The number of aromatic nitrogens is 2. The fourth-order valence-electron chi connectivity index (χ4n) is 2.74. The number of carbonyl (C=O) groups is 2. The van der Waals surface area contributed by atoms with Crippen LogP contribution in [-0.2, 0) is 11.2 Å². The lowest BCUT2D eigenvalue weighted by atomic mass is 9.92. The van der Waals surface area contributed by atoms with E-state index in [1.807, 2.05) is 12.1 Å². The van der Waals surface area contributed by atoms with Gasteiger partial charge in [0.2, 0.25) is 0 Å². The lowest BCUT2D eigenvalue weighted by Crippen LogP contribution is -2.43. The third-order valence-electron chi connectivity index (χ3n) is 3.71. The van der Waals surface area contributed by atoms with E-state index >= 15 is 0 Å². The second-order valence-electron chi connectivity index (χ2n) is 5.07. The normalized spacial score (nSPS) is 17.4. The molecule has 0 bridgehead atoms. The number of H-pyrrole nitrogens is 1. The van der Waals surface area contributed by atoms with Crippen LogP contribution >= 0.6 is 0 Å². The van der Waals surface area contributed by atoms with Crippen LogP contribution in [0.15, 0.2) is 30.5 Å². The van der Waals surface area contributed by atoms with Crippen molar-refractivity contribution in [3.05, 3.63) is 53.1 Å². The molecule has 0 aliphatic carbocycles. The molecule has 1 amide bonds. The average molecular weight is 285 g/mol. The zero-order chi connectivity index (χ0) is 15.0. The molecule has 1 aromatic heterocycles. The van der Waals surface area contributed by atoms with E-state index in [-0.39, 0.29) is 5.91 Å². The van der Waals surface area contributed by atoms with Gasteiger partial charge in [-0.15, -0.1) is 0 Å². The molecule has 1 atom stereocenters. The second-order valence-corrected chi connectivity index (χ2v) is 5.07. The van der Waals surface area contributed by atoms with E-state index in [4.69, 9.17) is 0 Å². The minimum atomic E-state index is -1.02. The maximum absolute atomic E-state index is 12.5. The zero-order valence-electron chi connectivity index (χ0n) is 11.5. The van der Waals surface area contributed by atoms with Crippen LogP contribution in [0.5, 0.6) is 0 Å². The van der Waals surface area contributed by atoms with E-state index in [2.05, 4.69) is 9.97 Å². The molecule has 6 nitrogen and oxygen atoms in total. The molecule has 0 saturated carbocycles. The Labute approximate surface area is 121 Å². The Morgan fingerprint density at radius 1 is 1.38 bits per heavy atom. The molecule has 108 valence electrons. The minimum absolute atomic E-state index is 0.318. The molecule has 1 unspecified atom stereocenters. The number of aliphatic carboxylic acids is 1. The Morgan fingerprint density at radius 3 is 2.81 bits per heavy atom. The molecule has 2 heterocycles. The number of hydrogen-bond acceptors (Lipinski definition) is 3. The number of imidazole rings is 1. The monoisotopic (exact) mass is 285 g/mol. The molecule has 1 aromatic carbocycles. The van der Waals surface area contributed by atoms with Crippen molar-refractivity contribution in [2.45, 2.75) is 19.4 Å². The van der Waals surface area contributed by atoms with E-state index in [1.54, 1.807) is 19.1 Å². The summed E-state index contributed by atoms with van der Waals surface area (Å²) in [6.07, 6.45) is 2.09. The summed E-state index contributed by atoms with van der Waals surface area (Å²) in [7, 11) is 0. The van der Waals surface area contributed by atoms with Gasteiger partial charge in [-0.25, -0.2) is 9.78 Å². The highest BCUT2D eigenvalue weighted by Gasteiger charge is 2.36. The van der Waals surface area contributed by atoms with Gasteiger partial charge in [0.25, 0.3) is 5.91 Å². The quantitative estimate of drug-likeness (QED) is 0.876. The number of carbonyl (C=O) groups excluding carboxylic acids is 1. The number of carboxylic acids is 1. The molecule has 0 spiro atoms. The van der Waals surface area contributed by atoms with Crippen LogP contribution in [0.1, 0.15) is 33.5 Å². The van der Waals surface area contributed by atoms with Crippen molar-refractivity contribution < 1.29 is 14.7 Å². The third kappa shape index (κ3) is 2.29. The summed E-state index contributed by atoms with van der Waals surface area (Å²) >= 11 is 0. The first kappa shape index (κ1) is 13.4. The Bertz CT molecular complexity index is 708. The average Bonchev–Trinajstić information content (AvgIpc) is 2.91. The predicted molar refractivity (Wildman–Crippen MR) is 74.9 cm³/mol. The van der Waals surface area contributed by atoms with E-state index in [1.165, 1.54) is 11.1 Å². The van der Waals surface area contributed by atoms with Crippen LogP contribution in [0, 0.1) is 6.92 Å². The van der Waals surface area contributed by atoms with E-state index in [0.717, 1.165) is 5.56 Å². The summed E-state index contributed by atoms with van der Waals surface area (Å²) in [4.78, 5) is 32.4. The molecule has 2 N–H and O–H groups in total. The first-order valence-electron chi connectivity index (χ1n) is 6.71. The highest BCUT2D eigenvalue weighted by molar-refractivity contribution is 5.95. The maximum atomic E-state index is 12.5. The molecular formula is C15H15N3O3. The van der Waals surface area contributed by atoms with Gasteiger partial charge in [-0.3, -0.25) is 4.79 Å². The predicted octanol–water partition coefficient (Wildman–Crippen LogP) is 1.54. The van der Waals surface area contributed by atoms with Gasteiger partial charge < -0.3 is 15.0 Å². The maximum Gasteiger partial charge on any atom is 0.331 e.